The molecule has 6 nitrogen and oxygen atoms in total. The van der Waals surface area contributed by atoms with Crippen LogP contribution in [-0.2, 0) is 0 Å². The number of nitrogen functional groups attached to an aromatic ring is 1. The molecular formula is C21H22ClN5O. The molecule has 0 bridgehead atoms. The van der Waals surface area contributed by atoms with Gasteiger partial charge in [-0.15, -0.1) is 0 Å². The van der Waals surface area contributed by atoms with Crippen LogP contribution in [0.5, 0.6) is 0 Å². The number of nitrogens with zero attached hydrogens (tertiary/aromatic N) is 2. The van der Waals surface area contributed by atoms with Crippen LogP contribution in [0.1, 0.15) is 25.7 Å². The minimum absolute atomic E-state index is 0.208. The van der Waals surface area contributed by atoms with E-state index < -0.39 is 0 Å². The quantitative estimate of drug-likeness (QED) is 0.590. The molecule has 7 heteroatoms. The Labute approximate surface area is 168 Å². The van der Waals surface area contributed by atoms with Crippen LogP contribution in [0.4, 0.5) is 16.3 Å². The Bertz CT molecular complexity index is 980. The predicted octanol–water partition coefficient (Wildman–Crippen LogP) is 4.84. The summed E-state index contributed by atoms with van der Waals surface area (Å²) < 4.78 is 1.57. The lowest BCUT2D eigenvalue weighted by Gasteiger charge is -2.13. The van der Waals surface area contributed by atoms with E-state index in [9.17, 15) is 4.79 Å². The normalized spacial score (nSPS) is 14.2. The van der Waals surface area contributed by atoms with Crippen molar-refractivity contribution in [2.45, 2.75) is 31.7 Å². The number of urea groups is 1. The van der Waals surface area contributed by atoms with E-state index in [2.05, 4.69) is 15.7 Å². The van der Waals surface area contributed by atoms with Gasteiger partial charge in [0.25, 0.3) is 0 Å². The summed E-state index contributed by atoms with van der Waals surface area (Å²) in [5.74, 6) is 0.327. The number of hydrogen-bond donors (Lipinski definition) is 3. The highest BCUT2D eigenvalue weighted by molar-refractivity contribution is 6.32. The van der Waals surface area contributed by atoms with Gasteiger partial charge >= 0.3 is 6.03 Å². The summed E-state index contributed by atoms with van der Waals surface area (Å²) in [5, 5.41) is 11.1. The largest absolute Gasteiger partial charge is 0.382 e. The van der Waals surface area contributed by atoms with E-state index in [0.29, 0.717) is 27.9 Å². The fourth-order valence-corrected chi connectivity index (χ4v) is 3.78. The molecule has 0 aliphatic heterocycles. The third kappa shape index (κ3) is 3.68. The van der Waals surface area contributed by atoms with Crippen molar-refractivity contribution in [2.24, 2.45) is 0 Å². The van der Waals surface area contributed by atoms with Crippen LogP contribution in [0.25, 0.3) is 16.9 Å². The Hall–Kier alpha value is -2.99. The minimum Gasteiger partial charge on any atom is -0.382 e. The van der Waals surface area contributed by atoms with Crippen molar-refractivity contribution in [2.75, 3.05) is 11.1 Å². The molecule has 144 valence electrons. The smallest absolute Gasteiger partial charge is 0.319 e. The van der Waals surface area contributed by atoms with Crippen LogP contribution in [0.3, 0.4) is 0 Å². The highest BCUT2D eigenvalue weighted by Crippen LogP contribution is 2.35. The van der Waals surface area contributed by atoms with Gasteiger partial charge in [0.15, 0.2) is 5.82 Å². The van der Waals surface area contributed by atoms with Gasteiger partial charge in [-0.3, -0.25) is 0 Å². The Morgan fingerprint density at radius 1 is 1.07 bits per heavy atom. The van der Waals surface area contributed by atoms with Crippen molar-refractivity contribution < 1.29 is 4.79 Å². The molecule has 28 heavy (non-hydrogen) atoms. The van der Waals surface area contributed by atoms with Crippen molar-refractivity contribution in [3.05, 3.63) is 59.6 Å². The van der Waals surface area contributed by atoms with Crippen molar-refractivity contribution in [3.63, 3.8) is 0 Å². The molecule has 0 saturated heterocycles. The van der Waals surface area contributed by atoms with Gasteiger partial charge in [-0.05, 0) is 25.0 Å². The third-order valence-corrected chi connectivity index (χ3v) is 5.30. The average molecular weight is 396 g/mol. The van der Waals surface area contributed by atoms with E-state index in [4.69, 9.17) is 17.3 Å². The number of aromatic nitrogens is 2. The molecule has 1 saturated carbocycles. The summed E-state index contributed by atoms with van der Waals surface area (Å²) >= 11 is 6.34. The third-order valence-electron chi connectivity index (χ3n) is 4.98. The van der Waals surface area contributed by atoms with E-state index in [1.165, 1.54) is 0 Å². The van der Waals surface area contributed by atoms with Gasteiger partial charge < -0.3 is 16.4 Å². The number of rotatable bonds is 4. The molecule has 1 fully saturated rings. The first kappa shape index (κ1) is 18.4. The number of nitrogens with two attached hydrogens (primary N) is 1. The number of hydrogen-bond acceptors (Lipinski definition) is 3. The van der Waals surface area contributed by atoms with Gasteiger partial charge in [0.2, 0.25) is 0 Å². The molecule has 1 heterocycles. The summed E-state index contributed by atoms with van der Waals surface area (Å²) in [4.78, 5) is 12.6. The van der Waals surface area contributed by atoms with E-state index in [1.54, 1.807) is 10.7 Å². The fourth-order valence-electron chi connectivity index (χ4n) is 3.56. The molecule has 0 radical (unpaired) electrons. The predicted molar refractivity (Wildman–Crippen MR) is 113 cm³/mol. The van der Waals surface area contributed by atoms with Crippen molar-refractivity contribution in [1.29, 1.82) is 0 Å². The Morgan fingerprint density at radius 2 is 1.75 bits per heavy atom. The average Bonchev–Trinajstić information content (AvgIpc) is 3.32. The van der Waals surface area contributed by atoms with Crippen LogP contribution >= 0.6 is 11.6 Å². The number of carbonyl (C=O) groups is 1. The second kappa shape index (κ2) is 7.94. The molecule has 2 aromatic carbocycles. The van der Waals surface area contributed by atoms with Crippen molar-refractivity contribution in [1.82, 2.24) is 15.1 Å². The van der Waals surface area contributed by atoms with Gasteiger partial charge in [0.05, 0.1) is 10.7 Å². The van der Waals surface area contributed by atoms with Crippen molar-refractivity contribution >= 4 is 29.1 Å². The lowest BCUT2D eigenvalue weighted by atomic mass is 10.1. The van der Waals surface area contributed by atoms with Crippen molar-refractivity contribution in [3.8, 4) is 16.9 Å². The van der Waals surface area contributed by atoms with Gasteiger partial charge in [-0.25, -0.2) is 9.48 Å². The molecule has 0 spiro atoms. The van der Waals surface area contributed by atoms with E-state index in [-0.39, 0.29) is 12.1 Å². The lowest BCUT2D eigenvalue weighted by Crippen LogP contribution is -2.36. The number of amides is 2. The monoisotopic (exact) mass is 395 g/mol. The van der Waals surface area contributed by atoms with E-state index in [1.807, 2.05) is 48.5 Å². The lowest BCUT2D eigenvalue weighted by molar-refractivity contribution is 0.248. The molecule has 0 atom stereocenters. The zero-order valence-electron chi connectivity index (χ0n) is 15.4. The maximum absolute atomic E-state index is 12.6. The first-order valence-corrected chi connectivity index (χ1v) is 9.77. The summed E-state index contributed by atoms with van der Waals surface area (Å²) in [6, 6.07) is 16.9. The molecule has 0 unspecified atom stereocenters. The second-order valence-corrected chi connectivity index (χ2v) is 7.33. The Balaban J connectivity index is 1.73. The molecule has 4 rings (SSSR count). The molecule has 2 amide bonds. The van der Waals surface area contributed by atoms with Crippen LogP contribution in [0.2, 0.25) is 5.02 Å². The summed E-state index contributed by atoms with van der Waals surface area (Å²) in [7, 11) is 0. The Morgan fingerprint density at radius 3 is 2.46 bits per heavy atom. The zero-order chi connectivity index (χ0) is 19.5. The van der Waals surface area contributed by atoms with Crippen LogP contribution < -0.4 is 16.4 Å². The molecule has 3 aromatic rings. The number of benzene rings is 2. The van der Waals surface area contributed by atoms with Crippen LogP contribution in [0.15, 0.2) is 54.6 Å². The van der Waals surface area contributed by atoms with Gasteiger partial charge in [-0.1, -0.05) is 66.9 Å². The number of anilines is 2. The maximum atomic E-state index is 12.6. The Kier molecular flexibility index (Phi) is 5.21. The van der Waals surface area contributed by atoms with Gasteiger partial charge in [-0.2, -0.15) is 5.10 Å². The number of nitrogens with one attached hydrogen (secondary N) is 2. The number of para-hydroxylation sites is 1. The van der Waals surface area contributed by atoms with E-state index >= 15 is 0 Å². The molecule has 4 N–H and O–H groups in total. The van der Waals surface area contributed by atoms with Gasteiger partial charge in [0, 0.05) is 11.6 Å². The standard InChI is InChI=1S/C21H22ClN5O/c22-16-12-6-7-13-17(16)27-20(23)19(18(26-27)14-8-2-1-3-9-14)25-21(28)24-15-10-4-5-11-15/h1-3,6-9,12-13,15H,4-5,10-11,23H2,(H2,24,25,28). The maximum Gasteiger partial charge on any atom is 0.319 e. The number of halogens is 1. The molecule has 1 aliphatic carbocycles. The fraction of sp³-hybridized carbons (Fsp3) is 0.238. The second-order valence-electron chi connectivity index (χ2n) is 6.92. The summed E-state index contributed by atoms with van der Waals surface area (Å²) in [5.41, 5.74) is 8.98. The summed E-state index contributed by atoms with van der Waals surface area (Å²) in [6.07, 6.45) is 4.31. The SMILES string of the molecule is Nc1c(NC(=O)NC2CCCC2)c(-c2ccccc2)nn1-c1ccccc1Cl. The zero-order valence-corrected chi connectivity index (χ0v) is 16.1. The van der Waals surface area contributed by atoms with Crippen LogP contribution in [-0.4, -0.2) is 21.9 Å². The van der Waals surface area contributed by atoms with Crippen LogP contribution in [0, 0.1) is 0 Å². The number of carbonyl (C=O) groups excluding carboxylic acids is 1. The minimum atomic E-state index is -0.269. The highest BCUT2D eigenvalue weighted by atomic mass is 35.5. The topological polar surface area (TPSA) is 85.0 Å². The first-order chi connectivity index (χ1) is 13.6. The summed E-state index contributed by atoms with van der Waals surface area (Å²) in [6.45, 7) is 0. The first-order valence-electron chi connectivity index (χ1n) is 9.40. The van der Waals surface area contributed by atoms with Gasteiger partial charge in [0.1, 0.15) is 11.4 Å². The highest BCUT2D eigenvalue weighted by Gasteiger charge is 2.23. The molecule has 1 aliphatic rings. The van der Waals surface area contributed by atoms with E-state index in [0.717, 1.165) is 31.2 Å². The molecular weight excluding hydrogens is 374 g/mol. The molecule has 1 aromatic heterocycles.